The first kappa shape index (κ1) is 21.1. The number of nitrogens with zero attached hydrogens (tertiary/aromatic N) is 2. The zero-order valence-electron chi connectivity index (χ0n) is 16.0. The summed E-state index contributed by atoms with van der Waals surface area (Å²) >= 11 is 1.21. The van der Waals surface area contributed by atoms with Crippen LogP contribution in [-0.4, -0.2) is 42.0 Å². The highest BCUT2D eigenvalue weighted by Crippen LogP contribution is 2.19. The molecular formula is C20H18N4O5S. The van der Waals surface area contributed by atoms with Gasteiger partial charge in [-0.3, -0.25) is 14.4 Å². The molecule has 3 amide bonds. The predicted molar refractivity (Wildman–Crippen MR) is 112 cm³/mol. The highest BCUT2D eigenvalue weighted by atomic mass is 32.1. The highest BCUT2D eigenvalue weighted by molar-refractivity contribution is 7.13. The molecule has 0 saturated carbocycles. The van der Waals surface area contributed by atoms with Crippen molar-refractivity contribution in [3.8, 4) is 0 Å². The number of thiazole rings is 1. The molecule has 2 N–H and O–H groups in total. The van der Waals surface area contributed by atoms with Crippen molar-refractivity contribution in [2.75, 3.05) is 17.7 Å². The van der Waals surface area contributed by atoms with Crippen LogP contribution in [0.1, 0.15) is 22.5 Å². The topological polar surface area (TPSA) is 127 Å². The van der Waals surface area contributed by atoms with Crippen molar-refractivity contribution in [3.63, 3.8) is 0 Å². The number of methoxy groups -OCH3 is 1. The van der Waals surface area contributed by atoms with E-state index in [9.17, 15) is 19.2 Å². The molecule has 0 saturated heterocycles. The Hall–Kier alpha value is -3.66. The smallest absolute Gasteiger partial charge is 0.337 e. The minimum atomic E-state index is -0.960. The number of nitrogens with one attached hydrogen (secondary N) is 2. The average molecular weight is 426 g/mol. The average Bonchev–Trinajstić information content (AvgIpc) is 3.19. The van der Waals surface area contributed by atoms with Crippen LogP contribution in [0, 0.1) is 5.92 Å². The number of allylic oxidation sites excluding steroid dienone is 1. The number of aryl methyl sites for hydroxylation is 1. The second-order valence-corrected chi connectivity index (χ2v) is 7.09. The van der Waals surface area contributed by atoms with Gasteiger partial charge in [-0.2, -0.15) is 0 Å². The molecule has 10 heteroatoms. The van der Waals surface area contributed by atoms with Crippen molar-refractivity contribution in [1.82, 2.24) is 4.98 Å². The van der Waals surface area contributed by atoms with Crippen LogP contribution < -0.4 is 10.6 Å². The summed E-state index contributed by atoms with van der Waals surface area (Å²) < 4.78 is 4.63. The van der Waals surface area contributed by atoms with E-state index >= 15 is 0 Å². The Morgan fingerprint density at radius 3 is 2.63 bits per heavy atom. The Kier molecular flexibility index (Phi) is 6.81. The van der Waals surface area contributed by atoms with Gasteiger partial charge in [0.1, 0.15) is 5.92 Å². The molecule has 30 heavy (non-hydrogen) atoms. The number of aromatic nitrogens is 1. The van der Waals surface area contributed by atoms with E-state index in [4.69, 9.17) is 0 Å². The van der Waals surface area contributed by atoms with Crippen molar-refractivity contribution in [1.29, 1.82) is 0 Å². The molecule has 0 radical (unpaired) electrons. The van der Waals surface area contributed by atoms with Crippen molar-refractivity contribution >= 4 is 52.1 Å². The first-order valence-electron chi connectivity index (χ1n) is 8.94. The molecule has 1 unspecified atom stereocenters. The maximum atomic E-state index is 12.2. The van der Waals surface area contributed by atoms with Crippen molar-refractivity contribution in [2.45, 2.75) is 12.8 Å². The number of amides is 3. The van der Waals surface area contributed by atoms with Crippen LogP contribution in [0.5, 0.6) is 0 Å². The van der Waals surface area contributed by atoms with Crippen molar-refractivity contribution < 1.29 is 23.9 Å². The second-order valence-electron chi connectivity index (χ2n) is 6.23. The van der Waals surface area contributed by atoms with Gasteiger partial charge in [-0.1, -0.05) is 6.08 Å². The first-order valence-corrected chi connectivity index (χ1v) is 9.82. The monoisotopic (exact) mass is 426 g/mol. The fourth-order valence-corrected chi connectivity index (χ4v) is 3.32. The minimum Gasteiger partial charge on any atom is -0.465 e. The summed E-state index contributed by atoms with van der Waals surface area (Å²) in [6, 6.07) is 6.36. The molecule has 1 aliphatic rings. The number of aliphatic imine (C=N–C) groups is 1. The quantitative estimate of drug-likeness (QED) is 0.516. The predicted octanol–water partition coefficient (Wildman–Crippen LogP) is 2.22. The molecule has 1 aliphatic heterocycles. The number of hydrogen-bond donors (Lipinski definition) is 2. The molecule has 0 spiro atoms. The number of dihydropyridines is 1. The van der Waals surface area contributed by atoms with Crippen molar-refractivity contribution in [2.24, 2.45) is 10.9 Å². The molecule has 0 fully saturated rings. The number of esters is 1. The van der Waals surface area contributed by atoms with Crippen LogP contribution in [0.15, 0.2) is 46.8 Å². The van der Waals surface area contributed by atoms with E-state index in [-0.39, 0.29) is 12.3 Å². The summed E-state index contributed by atoms with van der Waals surface area (Å²) in [6.07, 6.45) is 4.92. The maximum Gasteiger partial charge on any atom is 0.337 e. The molecule has 1 aromatic carbocycles. The van der Waals surface area contributed by atoms with Crippen LogP contribution in [0.3, 0.4) is 0 Å². The van der Waals surface area contributed by atoms with E-state index < -0.39 is 23.7 Å². The number of benzene rings is 1. The van der Waals surface area contributed by atoms with E-state index in [1.54, 1.807) is 35.7 Å². The molecule has 9 nitrogen and oxygen atoms in total. The first-order chi connectivity index (χ1) is 14.5. The van der Waals surface area contributed by atoms with Crippen LogP contribution in [0.2, 0.25) is 0 Å². The Morgan fingerprint density at radius 2 is 1.93 bits per heavy atom. The lowest BCUT2D eigenvalue weighted by atomic mass is 10.1. The van der Waals surface area contributed by atoms with Crippen LogP contribution in [0.25, 0.3) is 0 Å². The van der Waals surface area contributed by atoms with E-state index in [0.29, 0.717) is 28.5 Å². The lowest BCUT2D eigenvalue weighted by Crippen LogP contribution is -2.28. The van der Waals surface area contributed by atoms with Gasteiger partial charge in [0.15, 0.2) is 5.13 Å². The van der Waals surface area contributed by atoms with Crippen LogP contribution in [-0.2, 0) is 25.5 Å². The lowest BCUT2D eigenvalue weighted by Gasteiger charge is -2.09. The lowest BCUT2D eigenvalue weighted by molar-refractivity contribution is -0.128. The number of hydrogen-bond acceptors (Lipinski definition) is 7. The summed E-state index contributed by atoms with van der Waals surface area (Å²) in [7, 11) is 1.30. The summed E-state index contributed by atoms with van der Waals surface area (Å²) in [6.45, 7) is 0. The standard InChI is InChI=1S/C20H18N4O5S/c1-29-19(28)12-4-6-13(7-5-12)22-16(25)9-8-14-11-30-20(23-14)24-18(27)15-3-2-10-21-17(15)26/h2-7,10-11,15H,8-9H2,1H3,(H,22,25)(H,23,24,27). The normalized spacial score (nSPS) is 15.0. The Labute approximate surface area is 175 Å². The molecule has 0 aliphatic carbocycles. The Balaban J connectivity index is 1.48. The fraction of sp³-hybridized carbons (Fsp3) is 0.200. The third kappa shape index (κ3) is 5.45. The number of ether oxygens (including phenoxy) is 1. The third-order valence-electron chi connectivity index (χ3n) is 4.12. The Morgan fingerprint density at radius 1 is 1.17 bits per heavy atom. The third-order valence-corrected chi connectivity index (χ3v) is 4.93. The minimum absolute atomic E-state index is 0.189. The van der Waals surface area contributed by atoms with Gasteiger partial charge in [-0.25, -0.2) is 14.8 Å². The summed E-state index contributed by atoms with van der Waals surface area (Å²) in [5.41, 5.74) is 1.60. The molecule has 3 rings (SSSR count). The zero-order valence-corrected chi connectivity index (χ0v) is 16.8. The number of anilines is 2. The van der Waals surface area contributed by atoms with Gasteiger partial charge in [0.25, 0.3) is 5.91 Å². The fourth-order valence-electron chi connectivity index (χ4n) is 2.57. The number of carbonyl (C=O) groups excluding carboxylic acids is 4. The van der Waals surface area contributed by atoms with E-state index in [1.807, 2.05) is 0 Å². The second kappa shape index (κ2) is 9.70. The highest BCUT2D eigenvalue weighted by Gasteiger charge is 2.25. The number of rotatable bonds is 7. The molecule has 2 heterocycles. The molecular weight excluding hydrogens is 408 g/mol. The Bertz CT molecular complexity index is 1030. The number of carbonyl (C=O) groups is 4. The van der Waals surface area contributed by atoms with E-state index in [1.165, 1.54) is 30.7 Å². The zero-order chi connectivity index (χ0) is 21.5. The molecule has 1 atom stereocenters. The van der Waals surface area contributed by atoms with Gasteiger partial charge < -0.3 is 15.4 Å². The van der Waals surface area contributed by atoms with Gasteiger partial charge >= 0.3 is 5.97 Å². The van der Waals surface area contributed by atoms with Crippen molar-refractivity contribution in [3.05, 3.63) is 53.1 Å². The SMILES string of the molecule is COC(=O)c1ccc(NC(=O)CCc2csc(NC(=O)C3C=CC=NC3=O)n2)cc1. The summed E-state index contributed by atoms with van der Waals surface area (Å²) in [5, 5.41) is 7.43. The van der Waals surface area contributed by atoms with E-state index in [2.05, 4.69) is 25.3 Å². The maximum absolute atomic E-state index is 12.2. The van der Waals surface area contributed by atoms with Gasteiger partial charge in [0.2, 0.25) is 11.8 Å². The van der Waals surface area contributed by atoms with Crippen LogP contribution in [0.4, 0.5) is 10.8 Å². The van der Waals surface area contributed by atoms with Gasteiger partial charge in [-0.05, 0) is 36.8 Å². The molecule has 2 aromatic rings. The van der Waals surface area contributed by atoms with Gasteiger partial charge in [0, 0.05) is 23.7 Å². The van der Waals surface area contributed by atoms with Crippen LogP contribution >= 0.6 is 11.3 Å². The van der Waals surface area contributed by atoms with Gasteiger partial charge in [0.05, 0.1) is 18.4 Å². The molecule has 0 bridgehead atoms. The van der Waals surface area contributed by atoms with E-state index in [0.717, 1.165) is 0 Å². The largest absolute Gasteiger partial charge is 0.465 e. The molecule has 1 aromatic heterocycles. The van der Waals surface area contributed by atoms with Gasteiger partial charge in [-0.15, -0.1) is 11.3 Å². The molecule has 154 valence electrons. The summed E-state index contributed by atoms with van der Waals surface area (Å²) in [5.74, 6) is -2.64. The summed E-state index contributed by atoms with van der Waals surface area (Å²) in [4.78, 5) is 55.2.